The second kappa shape index (κ2) is 12.6. The third kappa shape index (κ3) is 13.2. The highest BCUT2D eigenvalue weighted by Crippen LogP contribution is 2.06. The zero-order chi connectivity index (χ0) is 19.3. The molecule has 7 nitrogen and oxygen atoms in total. The van der Waals surface area contributed by atoms with Crippen LogP contribution in [0.15, 0.2) is 0 Å². The highest BCUT2D eigenvalue weighted by atomic mass is 16.6. The highest BCUT2D eigenvalue weighted by Gasteiger charge is 2.26. The van der Waals surface area contributed by atoms with Crippen molar-refractivity contribution < 1.29 is 23.9 Å². The Bertz CT molecular complexity index is 418. The smallest absolute Gasteiger partial charge is 0.407 e. The molecule has 0 aromatic carbocycles. The Morgan fingerprint density at radius 1 is 0.960 bits per heavy atom. The topological polar surface area (TPSA) is 93.7 Å². The molecule has 0 heterocycles. The molecule has 25 heavy (non-hydrogen) atoms. The number of alkyl carbamates (subject to hydrolysis) is 1. The maximum Gasteiger partial charge on any atom is 0.407 e. The summed E-state index contributed by atoms with van der Waals surface area (Å²) in [5.41, 5.74) is -0.463. The van der Waals surface area contributed by atoms with Gasteiger partial charge in [0.2, 0.25) is 5.91 Å². The average molecular weight is 358 g/mol. The molecule has 0 radical (unpaired) electrons. The van der Waals surface area contributed by atoms with Gasteiger partial charge in [-0.3, -0.25) is 9.59 Å². The van der Waals surface area contributed by atoms with Gasteiger partial charge in [0, 0.05) is 12.0 Å². The van der Waals surface area contributed by atoms with E-state index in [1.165, 1.54) is 0 Å². The lowest BCUT2D eigenvalue weighted by molar-refractivity contribution is -0.145. The molecular weight excluding hydrogens is 324 g/mol. The molecule has 146 valence electrons. The Labute approximate surface area is 151 Å². The third-order valence-corrected chi connectivity index (χ3v) is 3.28. The Morgan fingerprint density at radius 2 is 1.60 bits per heavy atom. The van der Waals surface area contributed by atoms with Crippen molar-refractivity contribution in [1.29, 1.82) is 0 Å². The van der Waals surface area contributed by atoms with Crippen LogP contribution < -0.4 is 10.6 Å². The lowest BCUT2D eigenvalue weighted by atomic mass is 10.1. The van der Waals surface area contributed by atoms with Gasteiger partial charge >= 0.3 is 12.1 Å². The molecule has 0 saturated heterocycles. The van der Waals surface area contributed by atoms with Gasteiger partial charge in [0.15, 0.2) is 0 Å². The minimum atomic E-state index is -0.984. The Morgan fingerprint density at radius 3 is 2.16 bits per heavy atom. The van der Waals surface area contributed by atoms with Crippen molar-refractivity contribution >= 4 is 18.0 Å². The first-order valence-electron chi connectivity index (χ1n) is 9.10. The van der Waals surface area contributed by atoms with Gasteiger partial charge in [-0.25, -0.2) is 4.79 Å². The summed E-state index contributed by atoms with van der Waals surface area (Å²) in [4.78, 5) is 35.7. The van der Waals surface area contributed by atoms with Crippen LogP contribution >= 0.6 is 0 Å². The van der Waals surface area contributed by atoms with Gasteiger partial charge in [0.25, 0.3) is 0 Å². The van der Waals surface area contributed by atoms with E-state index in [-0.39, 0.29) is 19.2 Å². The normalized spacial score (nSPS) is 12.2. The summed E-state index contributed by atoms with van der Waals surface area (Å²) >= 11 is 0. The van der Waals surface area contributed by atoms with Crippen molar-refractivity contribution in [2.45, 2.75) is 84.7 Å². The van der Waals surface area contributed by atoms with Gasteiger partial charge in [0.1, 0.15) is 12.6 Å². The van der Waals surface area contributed by atoms with Crippen molar-refractivity contribution in [3.63, 3.8) is 0 Å². The summed E-state index contributed by atoms with van der Waals surface area (Å²) in [6, 6.07) is -0.984. The van der Waals surface area contributed by atoms with Gasteiger partial charge < -0.3 is 20.1 Å². The van der Waals surface area contributed by atoms with Gasteiger partial charge in [-0.2, -0.15) is 0 Å². The molecule has 0 bridgehead atoms. The second-order valence-corrected chi connectivity index (χ2v) is 7.00. The summed E-state index contributed by atoms with van der Waals surface area (Å²) in [7, 11) is 0. The predicted octanol–water partition coefficient (Wildman–Crippen LogP) is 2.92. The minimum absolute atomic E-state index is 0.191. The summed E-state index contributed by atoms with van der Waals surface area (Å²) in [5, 5.41) is 5.19. The molecule has 0 saturated carbocycles. The van der Waals surface area contributed by atoms with Crippen LogP contribution in [0.4, 0.5) is 4.79 Å². The van der Waals surface area contributed by atoms with Gasteiger partial charge in [-0.15, -0.1) is 0 Å². The Balaban J connectivity index is 4.44. The van der Waals surface area contributed by atoms with Crippen LogP contribution in [0.25, 0.3) is 0 Å². The monoisotopic (exact) mass is 358 g/mol. The first-order chi connectivity index (χ1) is 11.7. The fourth-order valence-electron chi connectivity index (χ4n) is 2.08. The van der Waals surface area contributed by atoms with E-state index in [2.05, 4.69) is 17.6 Å². The Hall–Kier alpha value is -1.79. The second-order valence-electron chi connectivity index (χ2n) is 7.00. The lowest BCUT2D eigenvalue weighted by Gasteiger charge is -2.25. The zero-order valence-corrected chi connectivity index (χ0v) is 16.3. The van der Waals surface area contributed by atoms with E-state index in [4.69, 9.17) is 9.47 Å². The third-order valence-electron chi connectivity index (χ3n) is 3.28. The maximum absolute atomic E-state index is 12.3. The number of esters is 1. The average Bonchev–Trinajstić information content (AvgIpc) is 2.49. The SMILES string of the molecule is CCCCCCCC(=O)OC[C@H](NC(=O)OCC)C(=O)NC(C)(C)C. The highest BCUT2D eigenvalue weighted by molar-refractivity contribution is 5.86. The van der Waals surface area contributed by atoms with Crippen molar-refractivity contribution in [2.24, 2.45) is 0 Å². The molecular formula is C18H34N2O5. The summed E-state index contributed by atoms with van der Waals surface area (Å²) in [5.74, 6) is -0.785. The van der Waals surface area contributed by atoms with Crippen molar-refractivity contribution in [1.82, 2.24) is 10.6 Å². The molecule has 0 aromatic heterocycles. The molecule has 2 amide bonds. The molecule has 0 aliphatic heterocycles. The number of unbranched alkanes of at least 4 members (excludes halogenated alkanes) is 4. The van der Waals surface area contributed by atoms with E-state index < -0.39 is 23.6 Å². The number of hydrogen-bond donors (Lipinski definition) is 2. The first-order valence-corrected chi connectivity index (χ1v) is 9.10. The number of hydrogen-bond acceptors (Lipinski definition) is 5. The standard InChI is InChI=1S/C18H34N2O5/c1-6-8-9-10-11-12-15(21)25-13-14(19-17(23)24-7-2)16(22)20-18(3,4)5/h14H,6-13H2,1-5H3,(H,19,23)(H,20,22)/t14-/m0/s1. The number of carbonyl (C=O) groups is 3. The zero-order valence-electron chi connectivity index (χ0n) is 16.3. The largest absolute Gasteiger partial charge is 0.463 e. The van der Waals surface area contributed by atoms with E-state index in [0.717, 1.165) is 32.1 Å². The van der Waals surface area contributed by atoms with Crippen LogP contribution in [0, 0.1) is 0 Å². The minimum Gasteiger partial charge on any atom is -0.463 e. The number of carbonyl (C=O) groups excluding carboxylic acids is 3. The van der Waals surface area contributed by atoms with Crippen LogP contribution in [0.1, 0.15) is 73.1 Å². The van der Waals surface area contributed by atoms with E-state index in [1.807, 2.05) is 20.8 Å². The van der Waals surface area contributed by atoms with E-state index in [1.54, 1.807) is 6.92 Å². The van der Waals surface area contributed by atoms with Crippen LogP contribution in [0.3, 0.4) is 0 Å². The molecule has 0 fully saturated rings. The summed E-state index contributed by atoms with van der Waals surface area (Å²) < 4.78 is 9.95. The molecule has 0 unspecified atom stereocenters. The van der Waals surface area contributed by atoms with E-state index >= 15 is 0 Å². The van der Waals surface area contributed by atoms with Crippen LogP contribution in [0.5, 0.6) is 0 Å². The maximum atomic E-state index is 12.3. The quantitative estimate of drug-likeness (QED) is 0.437. The van der Waals surface area contributed by atoms with E-state index in [9.17, 15) is 14.4 Å². The van der Waals surface area contributed by atoms with E-state index in [0.29, 0.717) is 6.42 Å². The molecule has 2 N–H and O–H groups in total. The molecule has 1 atom stereocenters. The number of amides is 2. The van der Waals surface area contributed by atoms with Crippen LogP contribution in [-0.2, 0) is 19.1 Å². The van der Waals surface area contributed by atoms with Crippen LogP contribution in [0.2, 0.25) is 0 Å². The summed E-state index contributed by atoms with van der Waals surface area (Å²) in [6.07, 6.45) is 4.76. The molecule has 0 aromatic rings. The fraction of sp³-hybridized carbons (Fsp3) is 0.833. The summed E-state index contributed by atoms with van der Waals surface area (Å²) in [6.45, 7) is 9.26. The van der Waals surface area contributed by atoms with Crippen molar-refractivity contribution in [2.75, 3.05) is 13.2 Å². The lowest BCUT2D eigenvalue weighted by Crippen LogP contribution is -2.54. The fourth-order valence-corrected chi connectivity index (χ4v) is 2.08. The number of nitrogens with one attached hydrogen (secondary N) is 2. The van der Waals surface area contributed by atoms with Crippen molar-refractivity contribution in [3.05, 3.63) is 0 Å². The van der Waals surface area contributed by atoms with Gasteiger partial charge in [-0.05, 0) is 34.1 Å². The van der Waals surface area contributed by atoms with Gasteiger partial charge in [0.05, 0.1) is 6.61 Å². The molecule has 0 spiro atoms. The number of rotatable bonds is 11. The number of ether oxygens (including phenoxy) is 2. The molecule has 0 aliphatic carbocycles. The van der Waals surface area contributed by atoms with Gasteiger partial charge in [-0.1, -0.05) is 32.6 Å². The molecule has 7 heteroatoms. The Kier molecular flexibility index (Phi) is 11.7. The van der Waals surface area contributed by atoms with Crippen molar-refractivity contribution in [3.8, 4) is 0 Å². The molecule has 0 rings (SSSR count). The molecule has 0 aliphatic rings. The first kappa shape index (κ1) is 23.2. The predicted molar refractivity (Wildman–Crippen MR) is 96.2 cm³/mol. The van der Waals surface area contributed by atoms with Crippen LogP contribution in [-0.4, -0.2) is 42.8 Å².